The molecule has 0 saturated carbocycles. The first kappa shape index (κ1) is 14.0. The van der Waals surface area contributed by atoms with Crippen molar-refractivity contribution in [2.45, 2.75) is 25.4 Å². The highest BCUT2D eigenvalue weighted by molar-refractivity contribution is 5.81. The minimum atomic E-state index is -0.933. The molecule has 1 aliphatic heterocycles. The minimum Gasteiger partial charge on any atom is -0.383 e. The summed E-state index contributed by atoms with van der Waals surface area (Å²) >= 11 is 0. The Balaban J connectivity index is 1.86. The molecule has 1 unspecified atom stereocenters. The molecule has 104 valence electrons. The average molecular weight is 262 g/mol. The van der Waals surface area contributed by atoms with Gasteiger partial charge in [-0.2, -0.15) is 0 Å². The number of amides is 1. The number of nitrogens with two attached hydrogens (primary N) is 1. The first-order chi connectivity index (χ1) is 9.20. The number of benzene rings is 1. The van der Waals surface area contributed by atoms with E-state index in [1.807, 2.05) is 30.3 Å². The normalized spacial score (nSPS) is 18.3. The zero-order chi connectivity index (χ0) is 13.7. The Bertz CT molecular complexity index is 400. The van der Waals surface area contributed by atoms with Gasteiger partial charge in [0.05, 0.1) is 0 Å². The number of piperidine rings is 1. The fraction of sp³-hybridized carbons (Fsp3) is 0.533. The van der Waals surface area contributed by atoms with Crippen LogP contribution in [0.2, 0.25) is 0 Å². The second-order valence-electron chi connectivity index (χ2n) is 5.21. The second-order valence-corrected chi connectivity index (χ2v) is 5.21. The lowest BCUT2D eigenvalue weighted by Crippen LogP contribution is -2.45. The lowest BCUT2D eigenvalue weighted by Gasteiger charge is -2.32. The van der Waals surface area contributed by atoms with Gasteiger partial charge in [0, 0.05) is 19.5 Å². The van der Waals surface area contributed by atoms with E-state index in [1.165, 1.54) is 0 Å². The van der Waals surface area contributed by atoms with Crippen LogP contribution in [-0.4, -0.2) is 41.7 Å². The van der Waals surface area contributed by atoms with E-state index in [4.69, 9.17) is 5.73 Å². The largest absolute Gasteiger partial charge is 0.383 e. The van der Waals surface area contributed by atoms with Gasteiger partial charge >= 0.3 is 0 Å². The lowest BCUT2D eigenvalue weighted by atomic mass is 9.96. The number of nitrogens with zero attached hydrogens (tertiary/aromatic N) is 1. The molecule has 19 heavy (non-hydrogen) atoms. The van der Waals surface area contributed by atoms with E-state index in [2.05, 4.69) is 0 Å². The molecule has 2 rings (SSSR count). The monoisotopic (exact) mass is 262 g/mol. The summed E-state index contributed by atoms with van der Waals surface area (Å²) in [6.45, 7) is 2.12. The molecule has 0 bridgehead atoms. The van der Waals surface area contributed by atoms with Crippen LogP contribution in [-0.2, 0) is 11.2 Å². The van der Waals surface area contributed by atoms with Gasteiger partial charge in [-0.15, -0.1) is 0 Å². The highest BCUT2D eigenvalue weighted by atomic mass is 16.3. The summed E-state index contributed by atoms with van der Waals surface area (Å²) in [4.78, 5) is 13.9. The maximum atomic E-state index is 12.1. The van der Waals surface area contributed by atoms with Gasteiger partial charge in [-0.25, -0.2) is 0 Å². The number of aliphatic hydroxyl groups excluding tert-OH is 1. The maximum Gasteiger partial charge on any atom is 0.251 e. The zero-order valence-corrected chi connectivity index (χ0v) is 11.2. The van der Waals surface area contributed by atoms with Crippen molar-refractivity contribution in [3.05, 3.63) is 35.9 Å². The molecule has 1 aromatic carbocycles. The van der Waals surface area contributed by atoms with Gasteiger partial charge in [0.15, 0.2) is 0 Å². The number of aliphatic hydroxyl groups is 1. The van der Waals surface area contributed by atoms with Crippen molar-refractivity contribution in [1.82, 2.24) is 4.90 Å². The van der Waals surface area contributed by atoms with Crippen molar-refractivity contribution < 1.29 is 9.90 Å². The van der Waals surface area contributed by atoms with Gasteiger partial charge in [0.25, 0.3) is 5.91 Å². The first-order valence-corrected chi connectivity index (χ1v) is 6.91. The van der Waals surface area contributed by atoms with Crippen LogP contribution in [0.4, 0.5) is 0 Å². The number of hydrogen-bond acceptors (Lipinski definition) is 3. The summed E-state index contributed by atoms with van der Waals surface area (Å²) in [6, 6.07) is 9.61. The quantitative estimate of drug-likeness (QED) is 0.843. The summed E-state index contributed by atoms with van der Waals surface area (Å²) in [5, 5.41) is 10.0. The van der Waals surface area contributed by atoms with Gasteiger partial charge in [0.1, 0.15) is 6.10 Å². The molecule has 1 heterocycles. The molecule has 1 saturated heterocycles. The molecule has 0 radical (unpaired) electrons. The van der Waals surface area contributed by atoms with E-state index in [1.54, 1.807) is 4.90 Å². The molecule has 1 amide bonds. The third-order valence-electron chi connectivity index (χ3n) is 3.82. The van der Waals surface area contributed by atoms with E-state index in [0.717, 1.165) is 18.4 Å². The number of rotatable bonds is 4. The van der Waals surface area contributed by atoms with Crippen LogP contribution in [0.25, 0.3) is 0 Å². The Hall–Kier alpha value is -1.39. The third-order valence-corrected chi connectivity index (χ3v) is 3.82. The fourth-order valence-corrected chi connectivity index (χ4v) is 2.52. The summed E-state index contributed by atoms with van der Waals surface area (Å²) in [5.74, 6) is 0.370. The van der Waals surface area contributed by atoms with Crippen molar-refractivity contribution in [1.29, 1.82) is 0 Å². The molecule has 4 heteroatoms. The van der Waals surface area contributed by atoms with E-state index < -0.39 is 6.10 Å². The standard InChI is InChI=1S/C15H22N2O2/c16-11-13-6-8-17(9-7-13)15(19)14(18)10-12-4-2-1-3-5-12/h1-5,13-14,18H,6-11,16H2. The molecule has 1 aromatic rings. The van der Waals surface area contributed by atoms with Crippen LogP contribution in [0.5, 0.6) is 0 Å². The molecular formula is C15H22N2O2. The van der Waals surface area contributed by atoms with Crippen molar-refractivity contribution in [3.8, 4) is 0 Å². The van der Waals surface area contributed by atoms with Crippen molar-refractivity contribution in [3.63, 3.8) is 0 Å². The molecular weight excluding hydrogens is 240 g/mol. The van der Waals surface area contributed by atoms with Crippen molar-refractivity contribution in [2.24, 2.45) is 11.7 Å². The lowest BCUT2D eigenvalue weighted by molar-refractivity contribution is -0.141. The second kappa shape index (κ2) is 6.68. The van der Waals surface area contributed by atoms with Gasteiger partial charge in [-0.3, -0.25) is 4.79 Å². The molecule has 1 aliphatic rings. The average Bonchev–Trinajstić information content (AvgIpc) is 2.47. The summed E-state index contributed by atoms with van der Waals surface area (Å²) < 4.78 is 0. The Morgan fingerprint density at radius 1 is 1.32 bits per heavy atom. The zero-order valence-electron chi connectivity index (χ0n) is 11.2. The molecule has 1 fully saturated rings. The van der Waals surface area contributed by atoms with Crippen LogP contribution >= 0.6 is 0 Å². The Kier molecular flexibility index (Phi) is 4.93. The SMILES string of the molecule is NCC1CCN(C(=O)C(O)Cc2ccccc2)CC1. The number of carbonyl (C=O) groups excluding carboxylic acids is 1. The van der Waals surface area contributed by atoms with Crippen LogP contribution in [0.1, 0.15) is 18.4 Å². The maximum absolute atomic E-state index is 12.1. The van der Waals surface area contributed by atoms with E-state index in [-0.39, 0.29) is 5.91 Å². The Labute approximate surface area is 114 Å². The summed E-state index contributed by atoms with van der Waals surface area (Å²) in [7, 11) is 0. The van der Waals surface area contributed by atoms with Crippen molar-refractivity contribution >= 4 is 5.91 Å². The molecule has 0 aliphatic carbocycles. The summed E-state index contributed by atoms with van der Waals surface area (Å²) in [5.41, 5.74) is 6.62. The Morgan fingerprint density at radius 3 is 2.53 bits per heavy atom. The van der Waals surface area contributed by atoms with Crippen LogP contribution in [0.3, 0.4) is 0 Å². The van der Waals surface area contributed by atoms with Crippen LogP contribution < -0.4 is 5.73 Å². The molecule has 0 aromatic heterocycles. The van der Waals surface area contributed by atoms with E-state index >= 15 is 0 Å². The smallest absolute Gasteiger partial charge is 0.251 e. The molecule has 3 N–H and O–H groups in total. The number of likely N-dealkylation sites (tertiary alicyclic amines) is 1. The third kappa shape index (κ3) is 3.78. The van der Waals surface area contributed by atoms with Gasteiger partial charge in [-0.05, 0) is 30.9 Å². The van der Waals surface area contributed by atoms with E-state index in [0.29, 0.717) is 32.0 Å². The van der Waals surface area contributed by atoms with Crippen LogP contribution in [0, 0.1) is 5.92 Å². The predicted octanol–water partition coefficient (Wildman–Crippen LogP) is 0.787. The van der Waals surface area contributed by atoms with E-state index in [9.17, 15) is 9.90 Å². The molecule has 0 spiro atoms. The van der Waals surface area contributed by atoms with Crippen molar-refractivity contribution in [2.75, 3.05) is 19.6 Å². The summed E-state index contributed by atoms with van der Waals surface area (Å²) in [6.07, 6.45) is 1.34. The minimum absolute atomic E-state index is 0.153. The highest BCUT2D eigenvalue weighted by Gasteiger charge is 2.26. The van der Waals surface area contributed by atoms with Gasteiger partial charge in [-0.1, -0.05) is 30.3 Å². The molecule has 4 nitrogen and oxygen atoms in total. The number of hydrogen-bond donors (Lipinski definition) is 2. The van der Waals surface area contributed by atoms with Crippen LogP contribution in [0.15, 0.2) is 30.3 Å². The predicted molar refractivity (Wildman–Crippen MR) is 74.5 cm³/mol. The fourth-order valence-electron chi connectivity index (χ4n) is 2.52. The van der Waals surface area contributed by atoms with Gasteiger partial charge in [0.2, 0.25) is 0 Å². The number of carbonyl (C=O) groups is 1. The first-order valence-electron chi connectivity index (χ1n) is 6.91. The highest BCUT2D eigenvalue weighted by Crippen LogP contribution is 2.17. The Morgan fingerprint density at radius 2 is 1.95 bits per heavy atom. The molecule has 1 atom stereocenters. The topological polar surface area (TPSA) is 66.6 Å². The van der Waals surface area contributed by atoms with Gasteiger partial charge < -0.3 is 15.7 Å².